The molecule has 1 fully saturated rings. The van der Waals surface area contributed by atoms with Crippen LogP contribution in [0, 0.1) is 25.6 Å². The van der Waals surface area contributed by atoms with Gasteiger partial charge in [-0.05, 0) is 37.6 Å². The number of carbonyl (C=O) groups excluding carboxylic acids is 2. The van der Waals surface area contributed by atoms with Crippen molar-refractivity contribution in [3.8, 4) is 0 Å². The van der Waals surface area contributed by atoms with E-state index in [-0.39, 0.29) is 36.0 Å². The van der Waals surface area contributed by atoms with Gasteiger partial charge in [-0.2, -0.15) is 5.10 Å². The molecule has 0 unspecified atom stereocenters. The smallest absolute Gasteiger partial charge is 0.229 e. The van der Waals surface area contributed by atoms with Crippen LogP contribution in [-0.2, 0) is 9.59 Å². The molecule has 1 aromatic heterocycles. The minimum Gasteiger partial charge on any atom is -0.326 e. The predicted octanol–water partition coefficient (Wildman–Crippen LogP) is 3.31. The summed E-state index contributed by atoms with van der Waals surface area (Å²) in [5.74, 6) is -1.20. The fraction of sp³-hybridized carbons (Fsp3) is 0.250. The van der Waals surface area contributed by atoms with Gasteiger partial charge in [-0.25, -0.2) is 4.39 Å². The Balaban J connectivity index is 1.56. The molecule has 0 aliphatic carbocycles. The zero-order valence-corrected chi connectivity index (χ0v) is 15.0. The molecule has 6 nitrogen and oxygen atoms in total. The second-order valence-corrected chi connectivity index (χ2v) is 6.92. The Morgan fingerprint density at radius 1 is 1.30 bits per heavy atom. The van der Waals surface area contributed by atoms with Crippen LogP contribution in [0.1, 0.15) is 17.5 Å². The molecule has 2 amide bonds. The standard InChI is InChI=1S/C20H19FN4O2/c1-11-6-7-15(12(2)8-11)22-20(27)13-9-17(26)25(10-13)19-18-14(21)4-3-5-16(18)23-24-19/h3-8,13H,9-10H2,1-2H3,(H,22,27)(H,23,24)/t13-/m0/s1. The Kier molecular flexibility index (Phi) is 4.14. The monoisotopic (exact) mass is 366 g/mol. The largest absolute Gasteiger partial charge is 0.326 e. The highest BCUT2D eigenvalue weighted by Crippen LogP contribution is 2.32. The molecule has 1 atom stereocenters. The van der Waals surface area contributed by atoms with Crippen LogP contribution in [0.3, 0.4) is 0 Å². The highest BCUT2D eigenvalue weighted by atomic mass is 19.1. The van der Waals surface area contributed by atoms with Gasteiger partial charge in [-0.3, -0.25) is 19.6 Å². The number of aryl methyl sites for hydroxylation is 2. The number of nitrogens with one attached hydrogen (secondary N) is 2. The lowest BCUT2D eigenvalue weighted by Gasteiger charge is -2.15. The molecular weight excluding hydrogens is 347 g/mol. The summed E-state index contributed by atoms with van der Waals surface area (Å²) in [4.78, 5) is 26.5. The summed E-state index contributed by atoms with van der Waals surface area (Å²) in [5, 5.41) is 10.00. The molecule has 4 rings (SSSR count). The van der Waals surface area contributed by atoms with Crippen LogP contribution in [0.15, 0.2) is 36.4 Å². The molecule has 138 valence electrons. The number of benzene rings is 2. The summed E-state index contributed by atoms with van der Waals surface area (Å²) >= 11 is 0. The molecule has 2 heterocycles. The summed E-state index contributed by atoms with van der Waals surface area (Å²) in [6.07, 6.45) is 0.0690. The van der Waals surface area contributed by atoms with Crippen molar-refractivity contribution in [1.29, 1.82) is 0 Å². The number of carbonyl (C=O) groups is 2. The number of rotatable bonds is 3. The number of aromatic nitrogens is 2. The Bertz CT molecular complexity index is 1060. The molecule has 1 saturated heterocycles. The van der Waals surface area contributed by atoms with Crippen LogP contribution in [0.4, 0.5) is 15.9 Å². The lowest BCUT2D eigenvalue weighted by molar-refractivity contribution is -0.122. The van der Waals surface area contributed by atoms with Crippen molar-refractivity contribution in [1.82, 2.24) is 10.2 Å². The number of amides is 2. The third-order valence-corrected chi connectivity index (χ3v) is 4.91. The molecular formula is C20H19FN4O2. The highest BCUT2D eigenvalue weighted by molar-refractivity contribution is 6.07. The summed E-state index contributed by atoms with van der Waals surface area (Å²) in [5.41, 5.74) is 3.32. The van der Waals surface area contributed by atoms with E-state index in [0.717, 1.165) is 16.8 Å². The Morgan fingerprint density at radius 2 is 2.11 bits per heavy atom. The van der Waals surface area contributed by atoms with E-state index in [1.165, 1.54) is 11.0 Å². The van der Waals surface area contributed by atoms with E-state index in [1.54, 1.807) is 12.1 Å². The van der Waals surface area contributed by atoms with Crippen LogP contribution in [0.2, 0.25) is 0 Å². The summed E-state index contributed by atoms with van der Waals surface area (Å²) in [6, 6.07) is 10.4. The lowest BCUT2D eigenvalue weighted by Crippen LogP contribution is -2.28. The van der Waals surface area contributed by atoms with E-state index < -0.39 is 11.7 Å². The van der Waals surface area contributed by atoms with Gasteiger partial charge < -0.3 is 5.32 Å². The molecule has 3 aromatic rings. The number of fused-ring (bicyclic) bond motifs is 1. The minimum atomic E-state index is -0.517. The van der Waals surface area contributed by atoms with Gasteiger partial charge >= 0.3 is 0 Å². The van der Waals surface area contributed by atoms with Crippen molar-refractivity contribution in [2.45, 2.75) is 20.3 Å². The zero-order chi connectivity index (χ0) is 19.1. The normalized spacial score (nSPS) is 16.9. The van der Waals surface area contributed by atoms with Gasteiger partial charge in [0.2, 0.25) is 11.8 Å². The van der Waals surface area contributed by atoms with Crippen LogP contribution >= 0.6 is 0 Å². The van der Waals surface area contributed by atoms with Gasteiger partial charge in [-0.15, -0.1) is 0 Å². The van der Waals surface area contributed by atoms with Gasteiger partial charge in [0.05, 0.1) is 16.8 Å². The van der Waals surface area contributed by atoms with Crippen molar-refractivity contribution in [2.24, 2.45) is 5.92 Å². The zero-order valence-electron chi connectivity index (χ0n) is 15.0. The van der Waals surface area contributed by atoms with Crippen LogP contribution in [-0.4, -0.2) is 28.6 Å². The average molecular weight is 366 g/mol. The number of halogens is 1. The summed E-state index contributed by atoms with van der Waals surface area (Å²) in [6.45, 7) is 4.08. The molecule has 27 heavy (non-hydrogen) atoms. The average Bonchev–Trinajstić information content (AvgIpc) is 3.21. The number of hydrogen-bond acceptors (Lipinski definition) is 3. The van der Waals surface area contributed by atoms with Crippen LogP contribution in [0.25, 0.3) is 10.9 Å². The molecule has 7 heteroatoms. The van der Waals surface area contributed by atoms with Gasteiger partial charge in [0.1, 0.15) is 5.82 Å². The van der Waals surface area contributed by atoms with Crippen molar-refractivity contribution < 1.29 is 14.0 Å². The first-order chi connectivity index (χ1) is 12.9. The molecule has 1 aliphatic rings. The van der Waals surface area contributed by atoms with Gasteiger partial charge in [0.15, 0.2) is 5.82 Å². The Morgan fingerprint density at radius 3 is 2.89 bits per heavy atom. The maximum Gasteiger partial charge on any atom is 0.229 e. The topological polar surface area (TPSA) is 78.1 Å². The maximum absolute atomic E-state index is 14.2. The first kappa shape index (κ1) is 17.2. The Labute approximate surface area is 155 Å². The maximum atomic E-state index is 14.2. The number of hydrogen-bond donors (Lipinski definition) is 2. The van der Waals surface area contributed by atoms with Crippen LogP contribution < -0.4 is 10.2 Å². The quantitative estimate of drug-likeness (QED) is 0.746. The van der Waals surface area contributed by atoms with Crippen molar-refractivity contribution in [3.05, 3.63) is 53.3 Å². The molecule has 1 aliphatic heterocycles. The number of aromatic amines is 1. The van der Waals surface area contributed by atoms with Gasteiger partial charge in [0.25, 0.3) is 0 Å². The van der Waals surface area contributed by atoms with Crippen molar-refractivity contribution >= 4 is 34.2 Å². The molecule has 2 N–H and O–H groups in total. The summed E-state index contributed by atoms with van der Waals surface area (Å²) < 4.78 is 14.2. The van der Waals surface area contributed by atoms with Crippen molar-refractivity contribution in [2.75, 3.05) is 16.8 Å². The second-order valence-electron chi connectivity index (χ2n) is 6.92. The lowest BCUT2D eigenvalue weighted by atomic mass is 10.1. The first-order valence-corrected chi connectivity index (χ1v) is 8.75. The highest BCUT2D eigenvalue weighted by Gasteiger charge is 2.37. The van der Waals surface area contributed by atoms with E-state index in [9.17, 15) is 14.0 Å². The van der Waals surface area contributed by atoms with E-state index in [2.05, 4.69) is 15.5 Å². The van der Waals surface area contributed by atoms with Crippen LogP contribution in [0.5, 0.6) is 0 Å². The van der Waals surface area contributed by atoms with E-state index in [4.69, 9.17) is 0 Å². The summed E-state index contributed by atoms with van der Waals surface area (Å²) in [7, 11) is 0. The third kappa shape index (κ3) is 3.05. The minimum absolute atomic E-state index is 0.0690. The molecule has 0 saturated carbocycles. The Hall–Kier alpha value is -3.22. The van der Waals surface area contributed by atoms with E-state index in [1.807, 2.05) is 32.0 Å². The third-order valence-electron chi connectivity index (χ3n) is 4.91. The van der Waals surface area contributed by atoms with Gasteiger partial charge in [0, 0.05) is 18.7 Å². The number of nitrogens with zero attached hydrogens (tertiary/aromatic N) is 2. The number of H-pyrrole nitrogens is 1. The molecule has 0 bridgehead atoms. The van der Waals surface area contributed by atoms with E-state index >= 15 is 0 Å². The van der Waals surface area contributed by atoms with Crippen molar-refractivity contribution in [3.63, 3.8) is 0 Å². The van der Waals surface area contributed by atoms with E-state index in [0.29, 0.717) is 5.52 Å². The van der Waals surface area contributed by atoms with Gasteiger partial charge in [-0.1, -0.05) is 23.8 Å². The SMILES string of the molecule is Cc1ccc(NC(=O)[C@H]2CC(=O)N(c3n[nH]c4cccc(F)c34)C2)c(C)c1. The molecule has 0 spiro atoms. The predicted molar refractivity (Wildman–Crippen MR) is 101 cm³/mol. The fourth-order valence-electron chi connectivity index (χ4n) is 3.49. The molecule has 0 radical (unpaired) electrons. The first-order valence-electron chi connectivity index (χ1n) is 8.75. The fourth-order valence-corrected chi connectivity index (χ4v) is 3.49. The molecule has 2 aromatic carbocycles. The number of anilines is 2. The second kappa shape index (κ2) is 6.50.